The van der Waals surface area contributed by atoms with Gasteiger partial charge in [0.05, 0.1) is 6.04 Å². The molecular weight excluding hydrogens is 297 g/mol. The maximum absolute atomic E-state index is 6.21. The van der Waals surface area contributed by atoms with Gasteiger partial charge in [0, 0.05) is 21.8 Å². The molecule has 0 bridgehead atoms. The number of hydrogen-bond donors (Lipinski definition) is 1. The molecule has 1 aliphatic heterocycles. The van der Waals surface area contributed by atoms with E-state index >= 15 is 0 Å². The first-order chi connectivity index (χ1) is 9.63. The molecule has 1 atom stereocenters. The normalized spacial score (nSPS) is 14.2. The van der Waals surface area contributed by atoms with Crippen molar-refractivity contribution in [1.82, 2.24) is 0 Å². The van der Waals surface area contributed by atoms with Gasteiger partial charge in [0.2, 0.25) is 6.79 Å². The minimum Gasteiger partial charge on any atom is -0.454 e. The summed E-state index contributed by atoms with van der Waals surface area (Å²) in [5.41, 5.74) is 1.90. The highest BCUT2D eigenvalue weighted by Crippen LogP contribution is 2.36. The molecule has 0 saturated carbocycles. The van der Waals surface area contributed by atoms with E-state index in [1.807, 2.05) is 31.2 Å². The number of ether oxygens (including phenoxy) is 2. The summed E-state index contributed by atoms with van der Waals surface area (Å²) >= 11 is 12.2. The van der Waals surface area contributed by atoms with Gasteiger partial charge < -0.3 is 14.8 Å². The summed E-state index contributed by atoms with van der Waals surface area (Å²) in [5, 5.41) is 4.74. The zero-order valence-corrected chi connectivity index (χ0v) is 12.3. The Morgan fingerprint density at radius 1 is 1.05 bits per heavy atom. The molecule has 1 heterocycles. The van der Waals surface area contributed by atoms with Gasteiger partial charge in [-0.25, -0.2) is 0 Å². The fourth-order valence-corrected chi connectivity index (χ4v) is 2.62. The molecule has 0 saturated heterocycles. The lowest BCUT2D eigenvalue weighted by Crippen LogP contribution is -2.07. The van der Waals surface area contributed by atoms with Crippen molar-refractivity contribution in [3.05, 3.63) is 52.0 Å². The van der Waals surface area contributed by atoms with Gasteiger partial charge in [0.1, 0.15) is 0 Å². The molecule has 0 fully saturated rings. The molecule has 1 unspecified atom stereocenters. The maximum atomic E-state index is 6.21. The van der Waals surface area contributed by atoms with Crippen LogP contribution in [0.1, 0.15) is 18.5 Å². The molecule has 20 heavy (non-hydrogen) atoms. The van der Waals surface area contributed by atoms with Crippen molar-refractivity contribution < 1.29 is 9.47 Å². The van der Waals surface area contributed by atoms with E-state index in [-0.39, 0.29) is 12.8 Å². The van der Waals surface area contributed by atoms with E-state index < -0.39 is 0 Å². The Bertz CT molecular complexity index is 646. The Morgan fingerprint density at radius 2 is 1.85 bits per heavy atom. The standard InChI is InChI=1S/C15H13Cl2NO2/c1-9(12-6-10(16)2-4-13(12)17)18-11-3-5-14-15(7-11)20-8-19-14/h2-7,9,18H,8H2,1H3. The van der Waals surface area contributed by atoms with Crippen LogP contribution in [0.25, 0.3) is 0 Å². The average Bonchev–Trinajstić information content (AvgIpc) is 2.89. The number of rotatable bonds is 3. The maximum Gasteiger partial charge on any atom is 0.231 e. The highest BCUT2D eigenvalue weighted by molar-refractivity contribution is 6.33. The summed E-state index contributed by atoms with van der Waals surface area (Å²) in [6, 6.07) is 11.2. The van der Waals surface area contributed by atoms with Crippen LogP contribution >= 0.6 is 23.2 Å². The van der Waals surface area contributed by atoms with E-state index in [0.29, 0.717) is 10.0 Å². The molecule has 1 N–H and O–H groups in total. The van der Waals surface area contributed by atoms with Crippen LogP contribution in [0.2, 0.25) is 10.0 Å². The highest BCUT2D eigenvalue weighted by Gasteiger charge is 2.15. The first kappa shape index (κ1) is 13.4. The Hall–Kier alpha value is -1.58. The third kappa shape index (κ3) is 2.65. The predicted molar refractivity (Wildman–Crippen MR) is 81.1 cm³/mol. The van der Waals surface area contributed by atoms with Crippen LogP contribution < -0.4 is 14.8 Å². The minimum atomic E-state index is 0.0292. The van der Waals surface area contributed by atoms with Crippen LogP contribution in [-0.2, 0) is 0 Å². The topological polar surface area (TPSA) is 30.5 Å². The SMILES string of the molecule is CC(Nc1ccc2c(c1)OCO2)c1cc(Cl)ccc1Cl. The number of anilines is 1. The van der Waals surface area contributed by atoms with E-state index in [2.05, 4.69) is 5.32 Å². The number of benzene rings is 2. The van der Waals surface area contributed by atoms with Crippen molar-refractivity contribution in [3.8, 4) is 11.5 Å². The second-order valence-electron chi connectivity index (χ2n) is 4.60. The molecule has 2 aromatic carbocycles. The van der Waals surface area contributed by atoms with Crippen LogP contribution in [0.4, 0.5) is 5.69 Å². The second-order valence-corrected chi connectivity index (χ2v) is 5.44. The third-order valence-corrected chi connectivity index (χ3v) is 3.76. The van der Waals surface area contributed by atoms with Crippen LogP contribution in [0.5, 0.6) is 11.5 Å². The fourth-order valence-electron chi connectivity index (χ4n) is 2.16. The Morgan fingerprint density at radius 3 is 2.70 bits per heavy atom. The summed E-state index contributed by atoms with van der Waals surface area (Å²) in [7, 11) is 0. The molecule has 104 valence electrons. The summed E-state index contributed by atoms with van der Waals surface area (Å²) in [6.07, 6.45) is 0. The molecule has 1 aliphatic rings. The van der Waals surface area contributed by atoms with E-state index in [9.17, 15) is 0 Å². The molecule has 0 spiro atoms. The van der Waals surface area contributed by atoms with Crippen LogP contribution in [0.15, 0.2) is 36.4 Å². The largest absolute Gasteiger partial charge is 0.454 e. The second kappa shape index (κ2) is 5.43. The predicted octanol–water partition coefficient (Wildman–Crippen LogP) is 4.90. The van der Waals surface area contributed by atoms with Crippen LogP contribution in [0.3, 0.4) is 0 Å². The van der Waals surface area contributed by atoms with Gasteiger partial charge in [0.25, 0.3) is 0 Å². The van der Waals surface area contributed by atoms with Crippen molar-refractivity contribution in [2.45, 2.75) is 13.0 Å². The van der Waals surface area contributed by atoms with Gasteiger partial charge in [-0.15, -0.1) is 0 Å². The van der Waals surface area contributed by atoms with Crippen molar-refractivity contribution in [1.29, 1.82) is 0 Å². The first-order valence-electron chi connectivity index (χ1n) is 6.24. The summed E-state index contributed by atoms with van der Waals surface area (Å²) < 4.78 is 10.6. The zero-order valence-electron chi connectivity index (χ0n) is 10.8. The Kier molecular flexibility index (Phi) is 3.64. The quantitative estimate of drug-likeness (QED) is 0.875. The highest BCUT2D eigenvalue weighted by atomic mass is 35.5. The summed E-state index contributed by atoms with van der Waals surface area (Å²) in [6.45, 7) is 2.30. The van der Waals surface area contributed by atoms with Crippen molar-refractivity contribution in [3.63, 3.8) is 0 Å². The summed E-state index contributed by atoms with van der Waals surface area (Å²) in [5.74, 6) is 1.52. The summed E-state index contributed by atoms with van der Waals surface area (Å²) in [4.78, 5) is 0. The third-order valence-electron chi connectivity index (χ3n) is 3.18. The van der Waals surface area contributed by atoms with Gasteiger partial charge in [0.15, 0.2) is 11.5 Å². The van der Waals surface area contributed by atoms with Gasteiger partial charge in [-0.1, -0.05) is 23.2 Å². The lowest BCUT2D eigenvalue weighted by atomic mass is 10.1. The number of hydrogen-bond acceptors (Lipinski definition) is 3. The molecule has 0 radical (unpaired) electrons. The lowest BCUT2D eigenvalue weighted by Gasteiger charge is -2.17. The zero-order chi connectivity index (χ0) is 14.1. The van der Waals surface area contributed by atoms with E-state index in [4.69, 9.17) is 32.7 Å². The van der Waals surface area contributed by atoms with Crippen molar-refractivity contribution in [2.75, 3.05) is 12.1 Å². The Labute approximate surface area is 127 Å². The van der Waals surface area contributed by atoms with E-state index in [1.165, 1.54) is 0 Å². The van der Waals surface area contributed by atoms with Crippen LogP contribution in [-0.4, -0.2) is 6.79 Å². The monoisotopic (exact) mass is 309 g/mol. The molecule has 0 aromatic heterocycles. The lowest BCUT2D eigenvalue weighted by molar-refractivity contribution is 0.174. The Balaban J connectivity index is 1.82. The number of nitrogens with one attached hydrogen (secondary N) is 1. The number of halogens is 2. The van der Waals surface area contributed by atoms with Crippen LogP contribution in [0, 0.1) is 0 Å². The van der Waals surface area contributed by atoms with Gasteiger partial charge in [-0.2, -0.15) is 0 Å². The molecular formula is C15H13Cl2NO2. The van der Waals surface area contributed by atoms with Crippen molar-refractivity contribution in [2.24, 2.45) is 0 Å². The molecule has 5 heteroatoms. The van der Waals surface area contributed by atoms with Gasteiger partial charge in [-0.05, 0) is 42.8 Å². The van der Waals surface area contributed by atoms with Crippen molar-refractivity contribution >= 4 is 28.9 Å². The minimum absolute atomic E-state index is 0.0292. The smallest absolute Gasteiger partial charge is 0.231 e. The number of fused-ring (bicyclic) bond motifs is 1. The molecule has 3 rings (SSSR count). The molecule has 2 aromatic rings. The molecule has 0 amide bonds. The molecule has 0 aliphatic carbocycles. The average molecular weight is 310 g/mol. The first-order valence-corrected chi connectivity index (χ1v) is 7.00. The molecule has 3 nitrogen and oxygen atoms in total. The van der Waals surface area contributed by atoms with E-state index in [1.54, 1.807) is 12.1 Å². The van der Waals surface area contributed by atoms with Gasteiger partial charge in [-0.3, -0.25) is 0 Å². The van der Waals surface area contributed by atoms with E-state index in [0.717, 1.165) is 22.7 Å². The van der Waals surface area contributed by atoms with Gasteiger partial charge >= 0.3 is 0 Å². The fraction of sp³-hybridized carbons (Fsp3) is 0.200.